The van der Waals surface area contributed by atoms with E-state index in [0.29, 0.717) is 0 Å². The van der Waals surface area contributed by atoms with Gasteiger partial charge in [0.25, 0.3) is 0 Å². The third kappa shape index (κ3) is 2.07. The van der Waals surface area contributed by atoms with Gasteiger partial charge in [0.2, 0.25) is 0 Å². The van der Waals surface area contributed by atoms with Crippen molar-refractivity contribution in [1.29, 1.82) is 0 Å². The number of benzene rings is 1. The van der Waals surface area contributed by atoms with E-state index in [1.807, 2.05) is 24.0 Å². The Kier molecular flexibility index (Phi) is 3.04. The lowest BCUT2D eigenvalue weighted by molar-refractivity contribution is 1.16. The van der Waals surface area contributed by atoms with Crippen molar-refractivity contribution in [2.45, 2.75) is 6.92 Å². The molecule has 2 rings (SSSR count). The summed E-state index contributed by atoms with van der Waals surface area (Å²) in [5.41, 5.74) is 2.54. The molecule has 1 nitrogen and oxygen atoms in total. The van der Waals surface area contributed by atoms with Crippen LogP contribution in [-0.4, -0.2) is 18.5 Å². The number of thioether (sulfide) groups is 1. The first-order valence-corrected chi connectivity index (χ1v) is 5.75. The Morgan fingerprint density at radius 3 is 2.79 bits per heavy atom. The topological polar surface area (TPSA) is 12.4 Å². The van der Waals surface area contributed by atoms with Crippen molar-refractivity contribution in [3.8, 4) is 0 Å². The lowest BCUT2D eigenvalue weighted by Crippen LogP contribution is -1.87. The molecular formula is C12H13NS. The van der Waals surface area contributed by atoms with E-state index < -0.39 is 0 Å². The maximum absolute atomic E-state index is 4.38. The molecule has 0 aliphatic carbocycles. The van der Waals surface area contributed by atoms with E-state index in [1.165, 1.54) is 16.0 Å². The van der Waals surface area contributed by atoms with Gasteiger partial charge in [0, 0.05) is 24.1 Å². The second-order valence-electron chi connectivity index (χ2n) is 3.22. The predicted molar refractivity (Wildman–Crippen MR) is 64.9 cm³/mol. The molecule has 0 atom stereocenters. The highest BCUT2D eigenvalue weighted by Gasteiger charge is 2.06. The average molecular weight is 203 g/mol. The fraction of sp³-hybridized carbons (Fsp3) is 0.250. The number of rotatable bonds is 1. The molecule has 1 aromatic carbocycles. The predicted octanol–water partition coefficient (Wildman–Crippen LogP) is 3.24. The summed E-state index contributed by atoms with van der Waals surface area (Å²) in [5, 5.41) is 0. The van der Waals surface area contributed by atoms with Crippen LogP contribution in [0.4, 0.5) is 0 Å². The van der Waals surface area contributed by atoms with Gasteiger partial charge in [-0.3, -0.25) is 4.99 Å². The highest BCUT2D eigenvalue weighted by molar-refractivity contribution is 8.03. The first-order chi connectivity index (χ1) is 6.88. The van der Waals surface area contributed by atoms with Gasteiger partial charge in [-0.25, -0.2) is 0 Å². The van der Waals surface area contributed by atoms with Crippen molar-refractivity contribution >= 4 is 23.5 Å². The standard InChI is InChI=1S/C12H13NS/c1-10-12(9-13-7-8-14-10)11-5-3-2-4-6-11/h2-6,9H,7-8H2,1H3. The van der Waals surface area contributed by atoms with Gasteiger partial charge in [-0.05, 0) is 17.4 Å². The molecule has 1 aliphatic heterocycles. The van der Waals surface area contributed by atoms with Crippen LogP contribution in [0.2, 0.25) is 0 Å². The first-order valence-electron chi connectivity index (χ1n) is 4.77. The first kappa shape index (κ1) is 9.53. The van der Waals surface area contributed by atoms with E-state index >= 15 is 0 Å². The zero-order chi connectivity index (χ0) is 9.80. The minimum absolute atomic E-state index is 0.929. The summed E-state index contributed by atoms with van der Waals surface area (Å²) in [6, 6.07) is 10.5. The normalized spacial score (nSPS) is 16.9. The molecule has 0 bridgehead atoms. The molecule has 2 heteroatoms. The van der Waals surface area contributed by atoms with E-state index in [9.17, 15) is 0 Å². The van der Waals surface area contributed by atoms with Gasteiger partial charge in [-0.1, -0.05) is 30.3 Å². The van der Waals surface area contributed by atoms with E-state index in [4.69, 9.17) is 0 Å². The molecule has 0 unspecified atom stereocenters. The molecule has 1 heterocycles. The van der Waals surface area contributed by atoms with Crippen molar-refractivity contribution in [2.75, 3.05) is 12.3 Å². The number of aliphatic imine (C=N–C) groups is 1. The molecule has 0 fully saturated rings. The number of hydrogen-bond donors (Lipinski definition) is 0. The lowest BCUT2D eigenvalue weighted by Gasteiger charge is -2.04. The van der Waals surface area contributed by atoms with Crippen LogP contribution in [-0.2, 0) is 0 Å². The SMILES string of the molecule is CC1=C(c2ccccc2)C=NCCS1. The minimum atomic E-state index is 0.929. The molecule has 0 saturated heterocycles. The molecule has 0 aromatic heterocycles. The highest BCUT2D eigenvalue weighted by atomic mass is 32.2. The summed E-state index contributed by atoms with van der Waals surface area (Å²) in [5.74, 6) is 1.10. The van der Waals surface area contributed by atoms with E-state index in [0.717, 1.165) is 12.3 Å². The van der Waals surface area contributed by atoms with Crippen LogP contribution < -0.4 is 0 Å². The third-order valence-electron chi connectivity index (χ3n) is 2.22. The molecule has 72 valence electrons. The van der Waals surface area contributed by atoms with Gasteiger partial charge in [0.15, 0.2) is 0 Å². The fourth-order valence-corrected chi connectivity index (χ4v) is 2.30. The Bertz CT molecular complexity index is 365. The average Bonchev–Trinajstić information content (AvgIpc) is 2.44. The van der Waals surface area contributed by atoms with Crippen LogP contribution in [0, 0.1) is 0 Å². The van der Waals surface area contributed by atoms with Crippen molar-refractivity contribution in [1.82, 2.24) is 0 Å². The second-order valence-corrected chi connectivity index (χ2v) is 4.53. The lowest BCUT2D eigenvalue weighted by atomic mass is 10.1. The van der Waals surface area contributed by atoms with Crippen LogP contribution in [0.3, 0.4) is 0 Å². The van der Waals surface area contributed by atoms with Crippen molar-refractivity contribution in [3.63, 3.8) is 0 Å². The van der Waals surface area contributed by atoms with Crippen LogP contribution in [0.25, 0.3) is 5.57 Å². The zero-order valence-electron chi connectivity index (χ0n) is 8.23. The number of nitrogens with zero attached hydrogens (tertiary/aromatic N) is 1. The summed E-state index contributed by atoms with van der Waals surface area (Å²) in [6.07, 6.45) is 2.00. The third-order valence-corrected chi connectivity index (χ3v) is 3.26. The number of hydrogen-bond acceptors (Lipinski definition) is 2. The van der Waals surface area contributed by atoms with E-state index in [2.05, 4.69) is 36.2 Å². The molecule has 0 spiro atoms. The van der Waals surface area contributed by atoms with Crippen molar-refractivity contribution in [2.24, 2.45) is 4.99 Å². The Morgan fingerprint density at radius 2 is 2.00 bits per heavy atom. The van der Waals surface area contributed by atoms with Gasteiger partial charge in [0.1, 0.15) is 0 Å². The van der Waals surface area contributed by atoms with Crippen molar-refractivity contribution in [3.05, 3.63) is 40.8 Å². The second kappa shape index (κ2) is 4.47. The zero-order valence-corrected chi connectivity index (χ0v) is 9.05. The highest BCUT2D eigenvalue weighted by Crippen LogP contribution is 2.26. The van der Waals surface area contributed by atoms with Gasteiger partial charge in [-0.2, -0.15) is 0 Å². The fourth-order valence-electron chi connectivity index (χ4n) is 1.47. The molecule has 0 N–H and O–H groups in total. The molecule has 0 amide bonds. The maximum Gasteiger partial charge on any atom is 0.0483 e. The molecule has 0 saturated carbocycles. The van der Waals surface area contributed by atoms with Crippen LogP contribution in [0.5, 0.6) is 0 Å². The van der Waals surface area contributed by atoms with Crippen LogP contribution >= 0.6 is 11.8 Å². The van der Waals surface area contributed by atoms with E-state index in [1.54, 1.807) is 0 Å². The molecule has 1 aromatic rings. The summed E-state index contributed by atoms with van der Waals surface area (Å²) >= 11 is 1.90. The molecule has 0 radical (unpaired) electrons. The Balaban J connectivity index is 2.40. The monoisotopic (exact) mass is 203 g/mol. The van der Waals surface area contributed by atoms with Gasteiger partial charge in [-0.15, -0.1) is 11.8 Å². The quantitative estimate of drug-likeness (QED) is 0.682. The number of allylic oxidation sites excluding steroid dienone is 2. The van der Waals surface area contributed by atoms with Gasteiger partial charge < -0.3 is 0 Å². The minimum Gasteiger partial charge on any atom is -0.292 e. The Labute approximate surface area is 88.9 Å². The van der Waals surface area contributed by atoms with Crippen LogP contribution in [0.15, 0.2) is 40.2 Å². The Hall–Kier alpha value is -1.02. The molecule has 14 heavy (non-hydrogen) atoms. The van der Waals surface area contributed by atoms with Crippen molar-refractivity contribution < 1.29 is 0 Å². The summed E-state index contributed by atoms with van der Waals surface area (Å²) in [7, 11) is 0. The Morgan fingerprint density at radius 1 is 1.21 bits per heavy atom. The molecular weight excluding hydrogens is 190 g/mol. The largest absolute Gasteiger partial charge is 0.292 e. The van der Waals surface area contributed by atoms with Crippen LogP contribution in [0.1, 0.15) is 12.5 Å². The summed E-state index contributed by atoms with van der Waals surface area (Å²) in [6.45, 7) is 3.10. The molecule has 1 aliphatic rings. The summed E-state index contributed by atoms with van der Waals surface area (Å²) in [4.78, 5) is 5.75. The van der Waals surface area contributed by atoms with Gasteiger partial charge in [0.05, 0.1) is 0 Å². The smallest absolute Gasteiger partial charge is 0.0483 e. The maximum atomic E-state index is 4.38. The summed E-state index contributed by atoms with van der Waals surface area (Å²) < 4.78 is 0. The van der Waals surface area contributed by atoms with Gasteiger partial charge >= 0.3 is 0 Å². The van der Waals surface area contributed by atoms with E-state index in [-0.39, 0.29) is 0 Å².